The fraction of sp³-hybridized carbons (Fsp3) is 0.222. The van der Waals surface area contributed by atoms with Crippen molar-refractivity contribution >= 4 is 17.3 Å². The van der Waals surface area contributed by atoms with Crippen molar-refractivity contribution in [3.05, 3.63) is 84.4 Å². The van der Waals surface area contributed by atoms with Gasteiger partial charge in [-0.05, 0) is 30.5 Å². The standard InChI is InChI=1S/C18H17N3O5S/c1-2-26-18(23)16-15(13(11-20(24)25)14-9-6-10-27-14)17(22)21(19-16)12-7-4-3-5-8-12/h3-10,13,19H,2,11H2,1H3. The molecule has 1 atom stereocenters. The SMILES string of the molecule is CCOC(=O)c1[nH]n(-c2ccccc2)c(=O)c1C(C[N+](=O)[O-])c1cccs1. The topological polar surface area (TPSA) is 107 Å². The van der Waals surface area contributed by atoms with Gasteiger partial charge in [0.15, 0.2) is 0 Å². The quantitative estimate of drug-likeness (QED) is 0.381. The summed E-state index contributed by atoms with van der Waals surface area (Å²) in [5, 5.41) is 15.8. The number of esters is 1. The van der Waals surface area contributed by atoms with E-state index in [9.17, 15) is 19.7 Å². The summed E-state index contributed by atoms with van der Waals surface area (Å²) in [6.45, 7) is 1.27. The molecule has 1 unspecified atom stereocenters. The largest absolute Gasteiger partial charge is 0.461 e. The van der Waals surface area contributed by atoms with Gasteiger partial charge in [0.05, 0.1) is 23.8 Å². The average Bonchev–Trinajstić information content (AvgIpc) is 3.29. The average molecular weight is 387 g/mol. The molecule has 3 aromatic rings. The molecule has 0 fully saturated rings. The maximum absolute atomic E-state index is 13.1. The van der Waals surface area contributed by atoms with Crippen LogP contribution in [0.3, 0.4) is 0 Å². The van der Waals surface area contributed by atoms with Gasteiger partial charge in [0, 0.05) is 9.80 Å². The fourth-order valence-corrected chi connectivity index (χ4v) is 3.68. The predicted octanol–water partition coefficient (Wildman–Crippen LogP) is 2.81. The number of nitrogens with one attached hydrogen (secondary N) is 1. The summed E-state index contributed by atoms with van der Waals surface area (Å²) in [5.41, 5.74) is -0.0164. The Bertz CT molecular complexity index is 992. The first-order chi connectivity index (χ1) is 13.0. The molecule has 27 heavy (non-hydrogen) atoms. The molecule has 0 amide bonds. The van der Waals surface area contributed by atoms with Crippen LogP contribution >= 0.6 is 11.3 Å². The second kappa shape index (κ2) is 8.00. The van der Waals surface area contributed by atoms with Crippen LogP contribution in [-0.4, -0.2) is 33.8 Å². The fourth-order valence-electron chi connectivity index (χ4n) is 2.85. The van der Waals surface area contributed by atoms with Crippen LogP contribution in [0.2, 0.25) is 0 Å². The van der Waals surface area contributed by atoms with Crippen LogP contribution in [0.5, 0.6) is 0 Å². The zero-order chi connectivity index (χ0) is 19.4. The molecule has 0 spiro atoms. The highest BCUT2D eigenvalue weighted by atomic mass is 32.1. The molecule has 1 N–H and O–H groups in total. The van der Waals surface area contributed by atoms with E-state index in [1.54, 1.807) is 54.8 Å². The Morgan fingerprint density at radius 1 is 1.30 bits per heavy atom. The molecule has 0 bridgehead atoms. The van der Waals surface area contributed by atoms with Gasteiger partial charge in [0.2, 0.25) is 6.54 Å². The van der Waals surface area contributed by atoms with Gasteiger partial charge < -0.3 is 4.74 Å². The number of thiophene rings is 1. The van der Waals surface area contributed by atoms with Gasteiger partial charge in [-0.3, -0.25) is 20.0 Å². The van der Waals surface area contributed by atoms with E-state index in [2.05, 4.69) is 5.10 Å². The van der Waals surface area contributed by atoms with Crippen LogP contribution in [0.1, 0.15) is 33.8 Å². The highest BCUT2D eigenvalue weighted by Gasteiger charge is 2.33. The monoisotopic (exact) mass is 387 g/mol. The summed E-state index contributed by atoms with van der Waals surface area (Å²) < 4.78 is 6.27. The number of nitrogens with zero attached hydrogens (tertiary/aromatic N) is 2. The Labute approximate surface area is 158 Å². The Hall–Kier alpha value is -3.20. The summed E-state index contributed by atoms with van der Waals surface area (Å²) in [7, 11) is 0. The highest BCUT2D eigenvalue weighted by Crippen LogP contribution is 2.29. The molecule has 0 aliphatic heterocycles. The maximum Gasteiger partial charge on any atom is 0.356 e. The van der Waals surface area contributed by atoms with Crippen LogP contribution < -0.4 is 5.56 Å². The van der Waals surface area contributed by atoms with E-state index in [0.717, 1.165) is 0 Å². The maximum atomic E-state index is 13.1. The minimum Gasteiger partial charge on any atom is -0.461 e. The second-order valence-electron chi connectivity index (χ2n) is 5.68. The van der Waals surface area contributed by atoms with Crippen molar-refractivity contribution in [2.75, 3.05) is 13.2 Å². The third-order valence-electron chi connectivity index (χ3n) is 3.99. The Kier molecular flexibility index (Phi) is 5.51. The lowest BCUT2D eigenvalue weighted by atomic mass is 9.97. The number of hydrogen-bond donors (Lipinski definition) is 1. The molecule has 2 heterocycles. The molecule has 0 aliphatic carbocycles. The van der Waals surface area contributed by atoms with Crippen molar-refractivity contribution in [2.45, 2.75) is 12.8 Å². The Morgan fingerprint density at radius 3 is 2.63 bits per heavy atom. The third-order valence-corrected chi connectivity index (χ3v) is 4.97. The van der Waals surface area contributed by atoms with Crippen molar-refractivity contribution in [3.8, 4) is 5.69 Å². The number of ether oxygens (including phenoxy) is 1. The lowest BCUT2D eigenvalue weighted by Crippen LogP contribution is -2.24. The number of hydrogen-bond acceptors (Lipinski definition) is 6. The number of aromatic amines is 1. The first-order valence-electron chi connectivity index (χ1n) is 8.25. The van der Waals surface area contributed by atoms with E-state index in [1.165, 1.54) is 16.0 Å². The number of aromatic nitrogens is 2. The zero-order valence-corrected chi connectivity index (χ0v) is 15.3. The van der Waals surface area contributed by atoms with Crippen molar-refractivity contribution in [2.24, 2.45) is 0 Å². The van der Waals surface area contributed by atoms with E-state index in [0.29, 0.717) is 10.6 Å². The summed E-state index contributed by atoms with van der Waals surface area (Å²) in [4.78, 5) is 37.0. The van der Waals surface area contributed by atoms with Gasteiger partial charge >= 0.3 is 5.97 Å². The first-order valence-corrected chi connectivity index (χ1v) is 9.13. The van der Waals surface area contributed by atoms with Crippen molar-refractivity contribution in [1.82, 2.24) is 9.78 Å². The van der Waals surface area contributed by atoms with Gasteiger partial charge in [-0.1, -0.05) is 24.3 Å². The molecule has 1 aromatic carbocycles. The summed E-state index contributed by atoms with van der Waals surface area (Å²) in [6, 6.07) is 12.2. The third kappa shape index (κ3) is 3.82. The molecule has 0 aliphatic rings. The number of rotatable bonds is 7. The number of nitro groups is 1. The lowest BCUT2D eigenvalue weighted by Gasteiger charge is -2.10. The van der Waals surface area contributed by atoms with Gasteiger partial charge in [-0.15, -0.1) is 11.3 Å². The lowest BCUT2D eigenvalue weighted by molar-refractivity contribution is -0.481. The van der Waals surface area contributed by atoms with Crippen LogP contribution in [0.4, 0.5) is 0 Å². The normalized spacial score (nSPS) is 11.9. The van der Waals surface area contributed by atoms with Gasteiger partial charge in [0.1, 0.15) is 5.69 Å². The first kappa shape index (κ1) is 18.6. The molecule has 3 rings (SSSR count). The van der Waals surface area contributed by atoms with Crippen LogP contribution in [-0.2, 0) is 4.74 Å². The van der Waals surface area contributed by atoms with Gasteiger partial charge in [-0.25, -0.2) is 9.48 Å². The number of carbonyl (C=O) groups is 1. The number of para-hydroxylation sites is 1. The molecule has 0 saturated carbocycles. The van der Waals surface area contributed by atoms with Crippen LogP contribution in [0, 0.1) is 10.1 Å². The summed E-state index contributed by atoms with van der Waals surface area (Å²) >= 11 is 1.30. The minimum atomic E-state index is -0.854. The van der Waals surface area contributed by atoms with E-state index in [-0.39, 0.29) is 17.9 Å². The predicted molar refractivity (Wildman–Crippen MR) is 100 cm³/mol. The minimum absolute atomic E-state index is 0.0384. The van der Waals surface area contributed by atoms with E-state index >= 15 is 0 Å². The summed E-state index contributed by atoms with van der Waals surface area (Å²) in [5.74, 6) is -1.57. The number of carbonyl (C=O) groups excluding carboxylic acids is 1. The number of H-pyrrole nitrogens is 1. The second-order valence-corrected chi connectivity index (χ2v) is 6.66. The Morgan fingerprint density at radius 2 is 2.04 bits per heavy atom. The highest BCUT2D eigenvalue weighted by molar-refractivity contribution is 7.10. The van der Waals surface area contributed by atoms with Crippen molar-refractivity contribution in [1.29, 1.82) is 0 Å². The van der Waals surface area contributed by atoms with E-state index < -0.39 is 28.9 Å². The smallest absolute Gasteiger partial charge is 0.356 e. The zero-order valence-electron chi connectivity index (χ0n) is 14.5. The molecular formula is C18H17N3O5S. The van der Waals surface area contributed by atoms with E-state index in [4.69, 9.17) is 4.74 Å². The van der Waals surface area contributed by atoms with Gasteiger partial charge in [-0.2, -0.15) is 0 Å². The van der Waals surface area contributed by atoms with Crippen LogP contribution in [0.25, 0.3) is 5.69 Å². The molecule has 0 radical (unpaired) electrons. The van der Waals surface area contributed by atoms with Crippen molar-refractivity contribution < 1.29 is 14.5 Å². The molecule has 2 aromatic heterocycles. The van der Waals surface area contributed by atoms with Crippen molar-refractivity contribution in [3.63, 3.8) is 0 Å². The van der Waals surface area contributed by atoms with Gasteiger partial charge in [0.25, 0.3) is 5.56 Å². The molecule has 140 valence electrons. The molecule has 9 heteroatoms. The van der Waals surface area contributed by atoms with Crippen LogP contribution in [0.15, 0.2) is 52.6 Å². The summed E-state index contributed by atoms with van der Waals surface area (Å²) in [6.07, 6.45) is 0. The van der Waals surface area contributed by atoms with E-state index in [1.807, 2.05) is 0 Å². The molecular weight excluding hydrogens is 370 g/mol. The molecule has 8 nitrogen and oxygen atoms in total. The number of benzene rings is 1. The Balaban J connectivity index is 2.22. The molecule has 0 saturated heterocycles.